The summed E-state index contributed by atoms with van der Waals surface area (Å²) in [5.41, 5.74) is 2.11. The summed E-state index contributed by atoms with van der Waals surface area (Å²) in [7, 11) is 0. The van der Waals surface area contributed by atoms with Gasteiger partial charge in [-0.05, 0) is 23.8 Å². The Morgan fingerprint density at radius 1 is 1.20 bits per heavy atom. The first kappa shape index (κ1) is 13.7. The van der Waals surface area contributed by atoms with Crippen molar-refractivity contribution in [1.29, 1.82) is 5.26 Å². The van der Waals surface area contributed by atoms with Crippen LogP contribution in [0.3, 0.4) is 0 Å². The van der Waals surface area contributed by atoms with Crippen LogP contribution in [0.25, 0.3) is 0 Å². The Labute approximate surface area is 116 Å². The smallest absolute Gasteiger partial charge is 0.269 e. The van der Waals surface area contributed by atoms with Gasteiger partial charge in [-0.15, -0.1) is 0 Å². The van der Waals surface area contributed by atoms with Crippen LogP contribution in [-0.2, 0) is 11.3 Å². The fraction of sp³-hybridized carbons (Fsp3) is 0.0667. The van der Waals surface area contributed by atoms with Gasteiger partial charge in [-0.2, -0.15) is 5.26 Å². The minimum Gasteiger partial charge on any atom is -0.366 e. The molecule has 0 aromatic heterocycles. The highest BCUT2D eigenvalue weighted by Gasteiger charge is 2.05. The van der Waals surface area contributed by atoms with Gasteiger partial charge in [0.05, 0.1) is 23.2 Å². The van der Waals surface area contributed by atoms with E-state index in [0.29, 0.717) is 11.1 Å². The molecule has 0 N–H and O–H groups in total. The third-order valence-corrected chi connectivity index (χ3v) is 2.69. The van der Waals surface area contributed by atoms with Crippen LogP contribution in [0.5, 0.6) is 0 Å². The monoisotopic (exact) mass is 267 g/mol. The van der Waals surface area contributed by atoms with Crippen LogP contribution >= 0.6 is 0 Å². The number of nitrogens with zero attached hydrogens (tertiary/aromatic N) is 2. The topological polar surface area (TPSA) is 76.2 Å². The fourth-order valence-electron chi connectivity index (χ4n) is 1.64. The number of hydrogen-bond acceptors (Lipinski definition) is 4. The quantitative estimate of drug-likeness (QED) is 0.615. The van der Waals surface area contributed by atoms with Crippen molar-refractivity contribution < 1.29 is 9.66 Å². The molecule has 0 aliphatic rings. The number of rotatable bonds is 5. The zero-order valence-corrected chi connectivity index (χ0v) is 10.5. The highest BCUT2D eigenvalue weighted by molar-refractivity contribution is 5.40. The molecular weight excluding hydrogens is 256 g/mol. The second-order valence-electron chi connectivity index (χ2n) is 4.05. The summed E-state index contributed by atoms with van der Waals surface area (Å²) in [5.74, 6) is 0. The van der Waals surface area contributed by atoms with Crippen LogP contribution in [-0.4, -0.2) is 4.92 Å². The molecule has 0 fully saturated rings. The van der Waals surface area contributed by atoms with Crippen molar-refractivity contribution in [1.82, 2.24) is 0 Å². The molecule has 0 aliphatic carbocycles. The zero-order chi connectivity index (χ0) is 14.4. The summed E-state index contributed by atoms with van der Waals surface area (Å²) in [5, 5.41) is 19.4. The molecule has 0 aliphatic heterocycles. The first-order valence-corrected chi connectivity index (χ1v) is 5.88. The molecule has 1 radical (unpaired) electrons. The van der Waals surface area contributed by atoms with E-state index in [9.17, 15) is 10.1 Å². The molecule has 0 spiro atoms. The maximum atomic E-state index is 10.5. The number of hydrogen-bond donors (Lipinski definition) is 0. The average molecular weight is 267 g/mol. The van der Waals surface area contributed by atoms with Crippen LogP contribution in [0.15, 0.2) is 48.5 Å². The number of nitro groups is 1. The minimum atomic E-state index is -0.445. The molecule has 0 amide bonds. The van der Waals surface area contributed by atoms with Crippen LogP contribution in [0.4, 0.5) is 5.69 Å². The summed E-state index contributed by atoms with van der Waals surface area (Å²) in [6.45, 7) is 1.80. The van der Waals surface area contributed by atoms with E-state index in [1.54, 1.807) is 30.3 Å². The number of ether oxygens (including phenoxy) is 1. The Balaban J connectivity index is 1.93. The van der Waals surface area contributed by atoms with E-state index in [0.717, 1.165) is 5.56 Å². The third-order valence-electron chi connectivity index (χ3n) is 2.69. The molecule has 0 heterocycles. The summed E-state index contributed by atoms with van der Waals surface area (Å²) >= 11 is 0. The van der Waals surface area contributed by atoms with E-state index >= 15 is 0 Å². The predicted octanol–water partition coefficient (Wildman–Crippen LogP) is 3.19. The predicted molar refractivity (Wildman–Crippen MR) is 72.4 cm³/mol. The third kappa shape index (κ3) is 3.40. The molecule has 2 aromatic carbocycles. The van der Waals surface area contributed by atoms with Crippen molar-refractivity contribution in [3.63, 3.8) is 0 Å². The first-order valence-electron chi connectivity index (χ1n) is 5.88. The van der Waals surface area contributed by atoms with Crippen molar-refractivity contribution in [2.75, 3.05) is 0 Å². The molecule has 5 heteroatoms. The molecule has 0 saturated carbocycles. The Bertz CT molecular complexity index is 645. The highest BCUT2D eigenvalue weighted by Crippen LogP contribution is 2.15. The highest BCUT2D eigenvalue weighted by atomic mass is 16.6. The van der Waals surface area contributed by atoms with Gasteiger partial charge in [0.25, 0.3) is 5.69 Å². The fourth-order valence-corrected chi connectivity index (χ4v) is 1.64. The standard InChI is InChI=1S/C15H11N2O3/c16-9-13-3-1-2-4-14(13)11-20-10-12-5-7-15(8-6-12)17(18)19/h1-8,11H,10H2. The molecule has 5 nitrogen and oxygen atoms in total. The van der Waals surface area contributed by atoms with Gasteiger partial charge in [-0.25, -0.2) is 0 Å². The SMILES string of the molecule is N#Cc1ccccc1[CH]OCc1ccc([N+](=O)[O-])cc1. The van der Waals surface area contributed by atoms with E-state index in [2.05, 4.69) is 6.07 Å². The average Bonchev–Trinajstić information content (AvgIpc) is 2.48. The van der Waals surface area contributed by atoms with Gasteiger partial charge in [-0.3, -0.25) is 10.1 Å². The van der Waals surface area contributed by atoms with Gasteiger partial charge in [0.15, 0.2) is 0 Å². The van der Waals surface area contributed by atoms with Crippen LogP contribution < -0.4 is 0 Å². The Morgan fingerprint density at radius 3 is 2.55 bits per heavy atom. The second kappa shape index (κ2) is 6.45. The molecule has 2 aromatic rings. The largest absolute Gasteiger partial charge is 0.366 e. The molecular formula is C15H11N2O3. The lowest BCUT2D eigenvalue weighted by Crippen LogP contribution is -1.95. The lowest BCUT2D eigenvalue weighted by molar-refractivity contribution is -0.384. The normalized spacial score (nSPS) is 9.95. The van der Waals surface area contributed by atoms with Gasteiger partial charge in [0.1, 0.15) is 6.61 Å². The van der Waals surface area contributed by atoms with Crippen molar-refractivity contribution in [3.8, 4) is 6.07 Å². The number of nitro benzene ring substituents is 1. The van der Waals surface area contributed by atoms with E-state index in [1.165, 1.54) is 18.7 Å². The van der Waals surface area contributed by atoms with Crippen molar-refractivity contribution in [2.24, 2.45) is 0 Å². The minimum absolute atomic E-state index is 0.0487. The number of benzene rings is 2. The number of nitriles is 1. The van der Waals surface area contributed by atoms with Gasteiger partial charge in [-0.1, -0.05) is 18.2 Å². The molecule has 0 unspecified atom stereocenters. The summed E-state index contributed by atoms with van der Waals surface area (Å²) in [6.07, 6.45) is 0. The molecule has 0 bridgehead atoms. The Kier molecular flexibility index (Phi) is 4.43. The van der Waals surface area contributed by atoms with Gasteiger partial charge < -0.3 is 4.74 Å². The maximum Gasteiger partial charge on any atom is 0.269 e. The van der Waals surface area contributed by atoms with Crippen molar-refractivity contribution in [3.05, 3.63) is 81.9 Å². The molecule has 0 atom stereocenters. The lowest BCUT2D eigenvalue weighted by atomic mass is 10.1. The van der Waals surface area contributed by atoms with E-state index < -0.39 is 4.92 Å². The van der Waals surface area contributed by atoms with Gasteiger partial charge in [0, 0.05) is 17.7 Å². The van der Waals surface area contributed by atoms with Crippen molar-refractivity contribution >= 4 is 5.69 Å². The molecule has 20 heavy (non-hydrogen) atoms. The maximum absolute atomic E-state index is 10.5. The number of non-ortho nitro benzene ring substituents is 1. The summed E-state index contributed by atoms with van der Waals surface area (Å²) in [4.78, 5) is 10.1. The zero-order valence-electron chi connectivity index (χ0n) is 10.5. The van der Waals surface area contributed by atoms with E-state index in [-0.39, 0.29) is 12.3 Å². The van der Waals surface area contributed by atoms with Crippen molar-refractivity contribution in [2.45, 2.75) is 6.61 Å². The van der Waals surface area contributed by atoms with Gasteiger partial charge in [0.2, 0.25) is 0 Å². The van der Waals surface area contributed by atoms with Crippen LogP contribution in [0, 0.1) is 28.1 Å². The second-order valence-corrected chi connectivity index (χ2v) is 4.05. The molecule has 2 rings (SSSR count). The Hall–Kier alpha value is -2.71. The van der Waals surface area contributed by atoms with Crippen LogP contribution in [0.1, 0.15) is 16.7 Å². The lowest BCUT2D eigenvalue weighted by Gasteiger charge is -2.05. The van der Waals surface area contributed by atoms with E-state index in [1.807, 2.05) is 6.07 Å². The van der Waals surface area contributed by atoms with E-state index in [4.69, 9.17) is 10.00 Å². The van der Waals surface area contributed by atoms with Crippen LogP contribution in [0.2, 0.25) is 0 Å². The Morgan fingerprint density at radius 2 is 1.90 bits per heavy atom. The molecule has 0 saturated heterocycles. The summed E-state index contributed by atoms with van der Waals surface area (Å²) < 4.78 is 5.40. The van der Waals surface area contributed by atoms with Gasteiger partial charge >= 0.3 is 0 Å². The molecule has 99 valence electrons. The summed E-state index contributed by atoms with van der Waals surface area (Å²) in [6, 6.07) is 15.3. The first-order chi connectivity index (χ1) is 9.70.